The second-order valence-corrected chi connectivity index (χ2v) is 5.16. The van der Waals surface area contributed by atoms with Crippen LogP contribution in [0.3, 0.4) is 0 Å². The van der Waals surface area contributed by atoms with Crippen LogP contribution in [0.1, 0.15) is 21.5 Å². The molecule has 108 valence electrons. The molecular formula is C15H12Cl2N2O2. The van der Waals surface area contributed by atoms with Crippen molar-refractivity contribution in [2.75, 3.05) is 0 Å². The molecule has 0 aliphatic carbocycles. The average Bonchev–Trinajstić information content (AvgIpc) is 2.47. The van der Waals surface area contributed by atoms with E-state index < -0.39 is 0 Å². The normalized spacial score (nSPS) is 10.2. The number of amides is 1. The number of pyridine rings is 1. The topological polar surface area (TPSA) is 59.1 Å². The lowest BCUT2D eigenvalue weighted by molar-refractivity contribution is -0.107. The van der Waals surface area contributed by atoms with Gasteiger partial charge in [0.2, 0.25) is 0 Å². The van der Waals surface area contributed by atoms with Crippen LogP contribution in [-0.4, -0.2) is 17.2 Å². The van der Waals surface area contributed by atoms with Gasteiger partial charge in [0.1, 0.15) is 6.29 Å². The van der Waals surface area contributed by atoms with Gasteiger partial charge in [0.25, 0.3) is 5.91 Å². The highest BCUT2D eigenvalue weighted by atomic mass is 35.5. The van der Waals surface area contributed by atoms with Crippen LogP contribution in [0.5, 0.6) is 0 Å². The summed E-state index contributed by atoms with van der Waals surface area (Å²) >= 11 is 11.8. The van der Waals surface area contributed by atoms with Crippen molar-refractivity contribution in [3.05, 3.63) is 63.4 Å². The van der Waals surface area contributed by atoms with Crippen molar-refractivity contribution < 1.29 is 9.59 Å². The van der Waals surface area contributed by atoms with E-state index in [0.717, 1.165) is 17.4 Å². The first-order valence-corrected chi connectivity index (χ1v) is 6.96. The summed E-state index contributed by atoms with van der Waals surface area (Å²) in [6, 6.07) is 7.41. The summed E-state index contributed by atoms with van der Waals surface area (Å²) in [6.07, 6.45) is 3.98. The molecule has 2 aromatic rings. The van der Waals surface area contributed by atoms with Gasteiger partial charge in [0, 0.05) is 25.4 Å². The van der Waals surface area contributed by atoms with E-state index in [1.165, 1.54) is 12.4 Å². The Balaban J connectivity index is 2.02. The SMILES string of the molecule is O=CCc1ccc(CNC(=O)c2c(Cl)cncc2Cl)cc1. The number of hydrogen-bond donors (Lipinski definition) is 1. The minimum Gasteiger partial charge on any atom is -0.348 e. The first-order valence-electron chi connectivity index (χ1n) is 6.20. The van der Waals surface area contributed by atoms with Gasteiger partial charge in [-0.05, 0) is 11.1 Å². The smallest absolute Gasteiger partial charge is 0.254 e. The summed E-state index contributed by atoms with van der Waals surface area (Å²) in [5.74, 6) is -0.357. The van der Waals surface area contributed by atoms with Crippen LogP contribution in [0.4, 0.5) is 0 Å². The van der Waals surface area contributed by atoms with Crippen LogP contribution in [-0.2, 0) is 17.8 Å². The highest BCUT2D eigenvalue weighted by Crippen LogP contribution is 2.22. The molecule has 0 saturated heterocycles. The Morgan fingerprint density at radius 3 is 2.24 bits per heavy atom. The number of nitrogens with one attached hydrogen (secondary N) is 1. The predicted molar refractivity (Wildman–Crippen MR) is 81.6 cm³/mol. The molecule has 0 atom stereocenters. The minimum atomic E-state index is -0.357. The van der Waals surface area contributed by atoms with Crippen LogP contribution >= 0.6 is 23.2 Å². The molecule has 0 fully saturated rings. The standard InChI is InChI=1S/C15H12Cl2N2O2/c16-12-8-18-9-13(17)14(12)15(21)19-7-11-3-1-10(2-4-11)5-6-20/h1-4,6,8-9H,5,7H2,(H,19,21). The number of aldehydes is 1. The molecule has 0 unspecified atom stereocenters. The molecule has 6 heteroatoms. The number of benzene rings is 1. The van der Waals surface area contributed by atoms with E-state index in [1.54, 1.807) is 0 Å². The van der Waals surface area contributed by atoms with E-state index >= 15 is 0 Å². The summed E-state index contributed by atoms with van der Waals surface area (Å²) in [5, 5.41) is 3.16. The molecule has 0 saturated carbocycles. The second kappa shape index (κ2) is 7.20. The Morgan fingerprint density at radius 1 is 1.10 bits per heavy atom. The summed E-state index contributed by atoms with van der Waals surface area (Å²) in [7, 11) is 0. The van der Waals surface area contributed by atoms with Crippen molar-refractivity contribution in [2.45, 2.75) is 13.0 Å². The van der Waals surface area contributed by atoms with Gasteiger partial charge in [0.15, 0.2) is 0 Å². The third-order valence-corrected chi connectivity index (χ3v) is 3.45. The molecule has 1 amide bonds. The van der Waals surface area contributed by atoms with E-state index in [9.17, 15) is 9.59 Å². The van der Waals surface area contributed by atoms with Crippen molar-refractivity contribution in [2.24, 2.45) is 0 Å². The zero-order valence-electron chi connectivity index (χ0n) is 11.0. The number of hydrogen-bond acceptors (Lipinski definition) is 3. The van der Waals surface area contributed by atoms with Crippen LogP contribution in [0, 0.1) is 0 Å². The van der Waals surface area contributed by atoms with Crippen LogP contribution in [0.25, 0.3) is 0 Å². The lowest BCUT2D eigenvalue weighted by Crippen LogP contribution is -2.23. The maximum atomic E-state index is 12.1. The van der Waals surface area contributed by atoms with Crippen molar-refractivity contribution in [1.82, 2.24) is 10.3 Å². The highest BCUT2D eigenvalue weighted by Gasteiger charge is 2.14. The van der Waals surface area contributed by atoms with Crippen molar-refractivity contribution in [3.8, 4) is 0 Å². The van der Waals surface area contributed by atoms with Gasteiger partial charge in [0.05, 0.1) is 15.6 Å². The monoisotopic (exact) mass is 322 g/mol. The Morgan fingerprint density at radius 2 is 1.67 bits per heavy atom. The fourth-order valence-electron chi connectivity index (χ4n) is 1.79. The van der Waals surface area contributed by atoms with Crippen molar-refractivity contribution >= 4 is 35.4 Å². The molecule has 0 bridgehead atoms. The van der Waals surface area contributed by atoms with Gasteiger partial charge in [-0.3, -0.25) is 9.78 Å². The van der Waals surface area contributed by atoms with Gasteiger partial charge >= 0.3 is 0 Å². The highest BCUT2D eigenvalue weighted by molar-refractivity contribution is 6.39. The maximum Gasteiger partial charge on any atom is 0.254 e. The van der Waals surface area contributed by atoms with Crippen LogP contribution in [0.15, 0.2) is 36.7 Å². The molecule has 0 radical (unpaired) electrons. The molecule has 1 N–H and O–H groups in total. The summed E-state index contributed by atoms with van der Waals surface area (Å²) in [6.45, 7) is 0.342. The lowest BCUT2D eigenvalue weighted by Gasteiger charge is -2.08. The second-order valence-electron chi connectivity index (χ2n) is 4.35. The van der Waals surface area contributed by atoms with E-state index in [4.69, 9.17) is 23.2 Å². The number of aromatic nitrogens is 1. The molecule has 1 heterocycles. The van der Waals surface area contributed by atoms with E-state index in [2.05, 4.69) is 10.3 Å². The first-order chi connectivity index (χ1) is 10.1. The largest absolute Gasteiger partial charge is 0.348 e. The molecule has 4 nitrogen and oxygen atoms in total. The predicted octanol–water partition coefficient (Wildman–Crippen LogP) is 3.06. The molecule has 0 aliphatic rings. The number of rotatable bonds is 5. The van der Waals surface area contributed by atoms with E-state index in [1.807, 2.05) is 24.3 Å². The molecule has 21 heavy (non-hydrogen) atoms. The van der Waals surface area contributed by atoms with Gasteiger partial charge in [-0.15, -0.1) is 0 Å². The Hall–Kier alpha value is -1.91. The van der Waals surface area contributed by atoms with Crippen LogP contribution < -0.4 is 5.32 Å². The van der Waals surface area contributed by atoms with E-state index in [-0.39, 0.29) is 21.5 Å². The molecule has 0 spiro atoms. The molecule has 2 rings (SSSR count). The van der Waals surface area contributed by atoms with Crippen molar-refractivity contribution in [1.29, 1.82) is 0 Å². The minimum absolute atomic E-state index is 0.210. The molecule has 1 aromatic heterocycles. The maximum absolute atomic E-state index is 12.1. The fourth-order valence-corrected chi connectivity index (χ4v) is 2.32. The zero-order valence-corrected chi connectivity index (χ0v) is 12.5. The first kappa shape index (κ1) is 15.5. The van der Waals surface area contributed by atoms with Gasteiger partial charge < -0.3 is 10.1 Å². The summed E-state index contributed by atoms with van der Waals surface area (Å²) < 4.78 is 0. The number of carbonyl (C=O) groups is 2. The average molecular weight is 323 g/mol. The number of nitrogens with zero attached hydrogens (tertiary/aromatic N) is 1. The van der Waals surface area contributed by atoms with Crippen molar-refractivity contribution in [3.63, 3.8) is 0 Å². The number of carbonyl (C=O) groups excluding carboxylic acids is 2. The van der Waals surface area contributed by atoms with E-state index in [0.29, 0.717) is 13.0 Å². The molecule has 0 aliphatic heterocycles. The van der Waals surface area contributed by atoms with Gasteiger partial charge in [-0.2, -0.15) is 0 Å². The Kier molecular flexibility index (Phi) is 5.31. The quantitative estimate of drug-likeness (QED) is 0.861. The Bertz CT molecular complexity index is 637. The van der Waals surface area contributed by atoms with Crippen LogP contribution in [0.2, 0.25) is 10.0 Å². The fraction of sp³-hybridized carbons (Fsp3) is 0.133. The third-order valence-electron chi connectivity index (χ3n) is 2.88. The van der Waals surface area contributed by atoms with Gasteiger partial charge in [-0.1, -0.05) is 47.5 Å². The van der Waals surface area contributed by atoms with Gasteiger partial charge in [-0.25, -0.2) is 0 Å². The molecule has 1 aromatic carbocycles. The third kappa shape index (κ3) is 4.03. The zero-order chi connectivity index (χ0) is 15.2. The molecular weight excluding hydrogens is 311 g/mol. The summed E-state index contributed by atoms with van der Waals surface area (Å²) in [5.41, 5.74) is 2.06. The number of halogens is 2. The Labute approximate surface area is 132 Å². The lowest BCUT2D eigenvalue weighted by atomic mass is 10.1. The summed E-state index contributed by atoms with van der Waals surface area (Å²) in [4.78, 5) is 26.3.